The fraction of sp³-hybridized carbons (Fsp3) is 0.217. The number of para-hydroxylation sites is 1. The van der Waals surface area contributed by atoms with Gasteiger partial charge in [-0.1, -0.05) is 53.8 Å². The second-order valence-corrected chi connectivity index (χ2v) is 8.46. The molecule has 5 rings (SSSR count). The van der Waals surface area contributed by atoms with E-state index < -0.39 is 5.82 Å². The van der Waals surface area contributed by atoms with E-state index in [1.165, 1.54) is 34.1 Å². The van der Waals surface area contributed by atoms with Gasteiger partial charge >= 0.3 is 0 Å². The summed E-state index contributed by atoms with van der Waals surface area (Å²) in [5.41, 5.74) is 0.684. The molecule has 2 aromatic heterocycles. The van der Waals surface area contributed by atoms with Crippen molar-refractivity contribution in [2.75, 3.05) is 37.7 Å². The minimum Gasteiger partial charge on any atom is -0.481 e. The molecule has 33 heavy (non-hydrogen) atoms. The van der Waals surface area contributed by atoms with Gasteiger partial charge < -0.3 is 14.5 Å². The number of hydrogen-bond donors (Lipinski definition) is 0. The van der Waals surface area contributed by atoms with Crippen LogP contribution in [0, 0.1) is 5.82 Å². The number of hydrogen-bond acceptors (Lipinski definition) is 7. The summed E-state index contributed by atoms with van der Waals surface area (Å²) in [6.07, 6.45) is 0. The molecule has 3 heterocycles. The number of anilines is 1. The largest absolute Gasteiger partial charge is 0.481 e. The third-order valence-electron chi connectivity index (χ3n) is 5.40. The third kappa shape index (κ3) is 4.42. The fourth-order valence-corrected chi connectivity index (χ4v) is 4.54. The maximum absolute atomic E-state index is 13.7. The molecule has 1 saturated heterocycles. The lowest BCUT2D eigenvalue weighted by Gasteiger charge is -2.35. The van der Waals surface area contributed by atoms with Gasteiger partial charge in [-0.15, -0.1) is 0 Å². The van der Waals surface area contributed by atoms with Gasteiger partial charge in [-0.25, -0.2) is 9.37 Å². The molecule has 0 bridgehead atoms. The maximum Gasteiger partial charge on any atom is 0.277 e. The Hall–Kier alpha value is -3.79. The first-order valence-corrected chi connectivity index (χ1v) is 11.3. The normalized spacial score (nSPS) is 14.0. The molecule has 8 nitrogen and oxygen atoms in total. The molecule has 168 valence electrons. The van der Waals surface area contributed by atoms with Crippen LogP contribution in [0.15, 0.2) is 65.5 Å². The van der Waals surface area contributed by atoms with Crippen LogP contribution < -0.4 is 15.2 Å². The van der Waals surface area contributed by atoms with Crippen molar-refractivity contribution in [2.45, 2.75) is 0 Å². The summed E-state index contributed by atoms with van der Waals surface area (Å²) < 4.78 is 20.3. The van der Waals surface area contributed by atoms with Crippen molar-refractivity contribution in [1.82, 2.24) is 19.5 Å². The first-order chi connectivity index (χ1) is 16.1. The average Bonchev–Trinajstić information content (AvgIpc) is 3.29. The van der Waals surface area contributed by atoms with Crippen LogP contribution in [0.25, 0.3) is 15.5 Å². The Kier molecular flexibility index (Phi) is 5.74. The molecule has 0 saturated carbocycles. The van der Waals surface area contributed by atoms with Crippen LogP contribution in [0.3, 0.4) is 0 Å². The molecular formula is C23H20FN5O3S. The zero-order chi connectivity index (χ0) is 22.8. The van der Waals surface area contributed by atoms with E-state index in [2.05, 4.69) is 10.1 Å². The topological polar surface area (TPSA) is 80.0 Å². The summed E-state index contributed by atoms with van der Waals surface area (Å²) in [5, 5.41) is 5.13. The van der Waals surface area contributed by atoms with E-state index in [-0.39, 0.29) is 23.8 Å². The van der Waals surface area contributed by atoms with Crippen LogP contribution >= 0.6 is 11.3 Å². The quantitative estimate of drug-likeness (QED) is 0.451. The van der Waals surface area contributed by atoms with Crippen LogP contribution in [0.5, 0.6) is 5.75 Å². The number of carbonyl (C=O) groups excluding carboxylic acids is 1. The number of aromatic nitrogens is 3. The van der Waals surface area contributed by atoms with E-state index >= 15 is 0 Å². The van der Waals surface area contributed by atoms with Crippen molar-refractivity contribution < 1.29 is 13.9 Å². The highest BCUT2D eigenvalue weighted by molar-refractivity contribution is 7.19. The predicted molar refractivity (Wildman–Crippen MR) is 123 cm³/mol. The van der Waals surface area contributed by atoms with Crippen molar-refractivity contribution in [1.29, 1.82) is 0 Å². The second kappa shape index (κ2) is 8.99. The standard InChI is InChI=1S/C23H20FN5O3S/c24-17-8-4-5-9-18(17)32-15-21(31)28-12-10-27(11-13-28)19-14-20(30)29-23(25-19)33-22(26-29)16-6-2-1-3-7-16/h1-9,14H,10-13,15H2. The van der Waals surface area contributed by atoms with E-state index in [1.54, 1.807) is 17.0 Å². The summed E-state index contributed by atoms with van der Waals surface area (Å²) in [6, 6.07) is 17.1. The number of halogens is 1. The number of amides is 1. The molecule has 2 aromatic carbocycles. The fourth-order valence-electron chi connectivity index (χ4n) is 3.64. The Morgan fingerprint density at radius 1 is 1.03 bits per heavy atom. The van der Waals surface area contributed by atoms with Crippen molar-refractivity contribution in [3.05, 3.63) is 76.8 Å². The monoisotopic (exact) mass is 465 g/mol. The molecule has 1 fully saturated rings. The van der Waals surface area contributed by atoms with Gasteiger partial charge in [-0.05, 0) is 12.1 Å². The zero-order valence-corrected chi connectivity index (χ0v) is 18.4. The predicted octanol–water partition coefficient (Wildman–Crippen LogP) is 2.68. The summed E-state index contributed by atoms with van der Waals surface area (Å²) >= 11 is 1.36. The Morgan fingerprint density at radius 2 is 1.76 bits per heavy atom. The SMILES string of the molecule is O=C(COc1ccccc1F)N1CCN(c2cc(=O)n3nc(-c4ccccc4)sc3n2)CC1. The smallest absolute Gasteiger partial charge is 0.277 e. The van der Waals surface area contributed by atoms with Gasteiger partial charge in [0.05, 0.1) is 0 Å². The third-order valence-corrected chi connectivity index (χ3v) is 6.35. The number of carbonyl (C=O) groups is 1. The van der Waals surface area contributed by atoms with Gasteiger partial charge in [0.2, 0.25) is 4.96 Å². The highest BCUT2D eigenvalue weighted by atomic mass is 32.1. The van der Waals surface area contributed by atoms with Gasteiger partial charge in [0.1, 0.15) is 10.8 Å². The van der Waals surface area contributed by atoms with Crippen LogP contribution in [0.4, 0.5) is 10.2 Å². The lowest BCUT2D eigenvalue weighted by atomic mass is 10.2. The van der Waals surface area contributed by atoms with Crippen LogP contribution in [0.2, 0.25) is 0 Å². The molecular weight excluding hydrogens is 445 g/mol. The number of ether oxygens (including phenoxy) is 1. The molecule has 10 heteroatoms. The van der Waals surface area contributed by atoms with Crippen LogP contribution in [-0.2, 0) is 4.79 Å². The second-order valence-electron chi connectivity index (χ2n) is 7.51. The highest BCUT2D eigenvalue weighted by Crippen LogP contribution is 2.25. The minimum absolute atomic E-state index is 0.0573. The van der Waals surface area contributed by atoms with E-state index in [9.17, 15) is 14.0 Å². The Bertz CT molecular complexity index is 1350. The van der Waals surface area contributed by atoms with Crippen molar-refractivity contribution >= 4 is 28.0 Å². The number of benzene rings is 2. The molecule has 0 radical (unpaired) electrons. The van der Waals surface area contributed by atoms with Gasteiger partial charge in [-0.2, -0.15) is 9.61 Å². The van der Waals surface area contributed by atoms with Crippen molar-refractivity contribution in [3.8, 4) is 16.3 Å². The van der Waals surface area contributed by atoms with Crippen molar-refractivity contribution in [2.24, 2.45) is 0 Å². The summed E-state index contributed by atoms with van der Waals surface area (Å²) in [7, 11) is 0. The highest BCUT2D eigenvalue weighted by Gasteiger charge is 2.23. The number of fused-ring (bicyclic) bond motifs is 1. The Morgan fingerprint density at radius 3 is 2.52 bits per heavy atom. The summed E-state index contributed by atoms with van der Waals surface area (Å²) in [5.74, 6) is -0.0856. The lowest BCUT2D eigenvalue weighted by Crippen LogP contribution is -2.50. The van der Waals surface area contributed by atoms with Crippen LogP contribution in [-0.4, -0.2) is 58.2 Å². The van der Waals surface area contributed by atoms with Gasteiger partial charge in [0, 0.05) is 37.8 Å². The van der Waals surface area contributed by atoms with Crippen LogP contribution in [0.1, 0.15) is 0 Å². The molecule has 0 aliphatic carbocycles. The zero-order valence-electron chi connectivity index (χ0n) is 17.6. The molecule has 0 unspecified atom stereocenters. The molecule has 0 spiro atoms. The maximum atomic E-state index is 13.7. The number of piperazine rings is 1. The Balaban J connectivity index is 1.25. The summed E-state index contributed by atoms with van der Waals surface area (Å²) in [4.78, 5) is 33.9. The number of nitrogens with zero attached hydrogens (tertiary/aromatic N) is 5. The molecule has 1 aliphatic rings. The molecule has 4 aromatic rings. The van der Waals surface area contributed by atoms with Gasteiger partial charge in [0.25, 0.3) is 11.5 Å². The minimum atomic E-state index is -0.499. The van der Waals surface area contributed by atoms with Gasteiger partial charge in [-0.3, -0.25) is 9.59 Å². The van der Waals surface area contributed by atoms with E-state index in [1.807, 2.05) is 35.2 Å². The Labute approximate surface area is 192 Å². The molecule has 1 amide bonds. The van der Waals surface area contributed by atoms with E-state index in [0.29, 0.717) is 37.0 Å². The molecule has 0 atom stereocenters. The number of rotatable bonds is 5. The summed E-state index contributed by atoms with van der Waals surface area (Å²) in [6.45, 7) is 1.74. The van der Waals surface area contributed by atoms with E-state index in [0.717, 1.165) is 10.6 Å². The van der Waals surface area contributed by atoms with Gasteiger partial charge in [0.15, 0.2) is 18.2 Å². The first-order valence-electron chi connectivity index (χ1n) is 10.4. The molecule has 1 aliphatic heterocycles. The molecule has 0 N–H and O–H groups in total. The lowest BCUT2D eigenvalue weighted by molar-refractivity contribution is -0.133. The van der Waals surface area contributed by atoms with E-state index in [4.69, 9.17) is 4.74 Å². The first kappa shape index (κ1) is 21.1. The van der Waals surface area contributed by atoms with Crippen molar-refractivity contribution in [3.63, 3.8) is 0 Å². The average molecular weight is 466 g/mol.